The second-order valence-electron chi connectivity index (χ2n) is 6.43. The van der Waals surface area contributed by atoms with Crippen LogP contribution in [0, 0.1) is 5.92 Å². The SMILES string of the molecule is CC(NC(=O)C(C)C(N)c1ccccc1)C(=O)N1CCS(=O)(=O)CC1.Cl. The lowest BCUT2D eigenvalue weighted by Gasteiger charge is -2.30. The van der Waals surface area contributed by atoms with E-state index in [1.807, 2.05) is 30.3 Å². The van der Waals surface area contributed by atoms with Crippen molar-refractivity contribution in [2.45, 2.75) is 25.9 Å². The van der Waals surface area contributed by atoms with Gasteiger partial charge in [-0.15, -0.1) is 12.4 Å². The van der Waals surface area contributed by atoms with Gasteiger partial charge in [-0.3, -0.25) is 9.59 Å². The summed E-state index contributed by atoms with van der Waals surface area (Å²) in [6.07, 6.45) is 0. The third-order valence-corrected chi connectivity index (χ3v) is 6.13. The highest BCUT2D eigenvalue weighted by atomic mass is 35.5. The number of nitrogens with one attached hydrogen (secondary N) is 1. The van der Waals surface area contributed by atoms with Crippen molar-refractivity contribution in [1.82, 2.24) is 10.2 Å². The smallest absolute Gasteiger partial charge is 0.244 e. The molecule has 1 saturated heterocycles. The Morgan fingerprint density at radius 3 is 2.19 bits per heavy atom. The van der Waals surface area contributed by atoms with E-state index in [-0.39, 0.29) is 48.8 Å². The number of rotatable bonds is 5. The van der Waals surface area contributed by atoms with E-state index in [1.54, 1.807) is 13.8 Å². The summed E-state index contributed by atoms with van der Waals surface area (Å²) in [5.41, 5.74) is 6.99. The third-order valence-electron chi connectivity index (χ3n) is 4.52. The monoisotopic (exact) mass is 403 g/mol. The topological polar surface area (TPSA) is 110 Å². The first-order valence-electron chi connectivity index (χ1n) is 8.31. The quantitative estimate of drug-likeness (QED) is 0.744. The molecule has 146 valence electrons. The molecule has 0 saturated carbocycles. The van der Waals surface area contributed by atoms with Crippen molar-refractivity contribution in [1.29, 1.82) is 0 Å². The molecule has 1 fully saturated rings. The van der Waals surface area contributed by atoms with Gasteiger partial charge in [0.2, 0.25) is 11.8 Å². The first-order valence-corrected chi connectivity index (χ1v) is 10.1. The van der Waals surface area contributed by atoms with Gasteiger partial charge in [0, 0.05) is 19.1 Å². The van der Waals surface area contributed by atoms with Crippen LogP contribution in [0.1, 0.15) is 25.5 Å². The summed E-state index contributed by atoms with van der Waals surface area (Å²) in [5.74, 6) is -1.14. The van der Waals surface area contributed by atoms with Gasteiger partial charge in [0.05, 0.1) is 17.4 Å². The second kappa shape index (κ2) is 9.34. The number of nitrogens with two attached hydrogens (primary N) is 1. The van der Waals surface area contributed by atoms with Crippen molar-refractivity contribution in [2.75, 3.05) is 24.6 Å². The highest BCUT2D eigenvalue weighted by Gasteiger charge is 2.30. The Morgan fingerprint density at radius 2 is 1.65 bits per heavy atom. The van der Waals surface area contributed by atoms with Crippen LogP contribution < -0.4 is 11.1 Å². The summed E-state index contributed by atoms with van der Waals surface area (Å²) in [5, 5.41) is 2.69. The van der Waals surface area contributed by atoms with Gasteiger partial charge in [0.1, 0.15) is 6.04 Å². The van der Waals surface area contributed by atoms with Crippen molar-refractivity contribution in [3.05, 3.63) is 35.9 Å². The largest absolute Gasteiger partial charge is 0.344 e. The van der Waals surface area contributed by atoms with Gasteiger partial charge in [-0.2, -0.15) is 0 Å². The minimum atomic E-state index is -3.05. The van der Waals surface area contributed by atoms with Crippen molar-refractivity contribution in [3.63, 3.8) is 0 Å². The molecule has 2 rings (SSSR count). The number of sulfone groups is 1. The summed E-state index contributed by atoms with van der Waals surface area (Å²) in [6.45, 7) is 3.66. The zero-order valence-corrected chi connectivity index (χ0v) is 16.6. The summed E-state index contributed by atoms with van der Waals surface area (Å²) < 4.78 is 22.9. The maximum absolute atomic E-state index is 12.4. The molecule has 3 atom stereocenters. The standard InChI is InChI=1S/C17H25N3O4S.ClH/c1-12(15(18)14-6-4-3-5-7-14)16(21)19-13(2)17(22)20-8-10-25(23,24)11-9-20;/h3-7,12-13,15H,8-11,18H2,1-2H3,(H,19,21);1H. The minimum Gasteiger partial charge on any atom is -0.344 e. The molecular weight excluding hydrogens is 378 g/mol. The lowest BCUT2D eigenvalue weighted by molar-refractivity contribution is -0.136. The molecule has 1 aliphatic rings. The van der Waals surface area contributed by atoms with Crippen molar-refractivity contribution < 1.29 is 18.0 Å². The number of amides is 2. The number of hydrogen-bond acceptors (Lipinski definition) is 5. The van der Waals surface area contributed by atoms with Crippen LogP contribution >= 0.6 is 12.4 Å². The molecule has 2 amide bonds. The van der Waals surface area contributed by atoms with Gasteiger partial charge >= 0.3 is 0 Å². The maximum Gasteiger partial charge on any atom is 0.244 e. The predicted molar refractivity (Wildman–Crippen MR) is 103 cm³/mol. The molecule has 0 radical (unpaired) electrons. The first kappa shape index (κ1) is 22.4. The second-order valence-corrected chi connectivity index (χ2v) is 8.74. The molecule has 3 unspecified atom stereocenters. The minimum absolute atomic E-state index is 0. The van der Waals surface area contributed by atoms with Crippen LogP contribution in [-0.4, -0.2) is 55.8 Å². The molecule has 3 N–H and O–H groups in total. The van der Waals surface area contributed by atoms with Crippen molar-refractivity contribution >= 4 is 34.1 Å². The number of halogens is 1. The molecule has 0 aromatic heterocycles. The summed E-state index contributed by atoms with van der Waals surface area (Å²) in [7, 11) is -3.05. The lowest BCUT2D eigenvalue weighted by atomic mass is 9.94. The van der Waals surface area contributed by atoms with E-state index in [2.05, 4.69) is 5.32 Å². The fraction of sp³-hybridized carbons (Fsp3) is 0.529. The fourth-order valence-corrected chi connectivity index (χ4v) is 3.94. The molecular formula is C17H26ClN3O4S. The van der Waals surface area contributed by atoms with Crippen LogP contribution in [0.25, 0.3) is 0 Å². The van der Waals surface area contributed by atoms with Crippen LogP contribution in [-0.2, 0) is 19.4 Å². The zero-order valence-electron chi connectivity index (χ0n) is 14.9. The molecule has 7 nitrogen and oxygen atoms in total. The van der Waals surface area contributed by atoms with E-state index in [4.69, 9.17) is 5.73 Å². The molecule has 0 bridgehead atoms. The van der Waals surface area contributed by atoms with Gasteiger partial charge < -0.3 is 16.0 Å². The van der Waals surface area contributed by atoms with Gasteiger partial charge in [-0.1, -0.05) is 37.3 Å². The Hall–Kier alpha value is -1.64. The molecule has 1 aliphatic heterocycles. The Labute approximate surface area is 160 Å². The lowest BCUT2D eigenvalue weighted by Crippen LogP contribution is -2.52. The zero-order chi connectivity index (χ0) is 18.6. The Kier molecular flexibility index (Phi) is 8.05. The van der Waals surface area contributed by atoms with Crippen LogP contribution in [0.15, 0.2) is 30.3 Å². The van der Waals surface area contributed by atoms with E-state index in [0.29, 0.717) is 0 Å². The normalized spacial score (nSPS) is 19.6. The maximum atomic E-state index is 12.4. The molecule has 26 heavy (non-hydrogen) atoms. The predicted octanol–water partition coefficient (Wildman–Crippen LogP) is 0.506. The molecule has 0 aliphatic carbocycles. The Bertz CT molecular complexity index is 713. The van der Waals surface area contributed by atoms with Crippen molar-refractivity contribution in [3.8, 4) is 0 Å². The number of benzene rings is 1. The van der Waals surface area contributed by atoms with Crippen LogP contribution in [0.3, 0.4) is 0 Å². The Morgan fingerprint density at radius 1 is 1.12 bits per heavy atom. The molecule has 1 aromatic rings. The van der Waals surface area contributed by atoms with Gasteiger partial charge in [0.15, 0.2) is 9.84 Å². The van der Waals surface area contributed by atoms with Gasteiger partial charge in [0.25, 0.3) is 0 Å². The molecule has 0 spiro atoms. The van der Waals surface area contributed by atoms with Crippen LogP contribution in [0.5, 0.6) is 0 Å². The van der Waals surface area contributed by atoms with E-state index >= 15 is 0 Å². The van der Waals surface area contributed by atoms with Crippen LogP contribution in [0.2, 0.25) is 0 Å². The fourth-order valence-electron chi connectivity index (χ4n) is 2.74. The Balaban J connectivity index is 0.00000338. The van der Waals surface area contributed by atoms with Gasteiger partial charge in [-0.05, 0) is 12.5 Å². The third kappa shape index (κ3) is 5.69. The van der Waals surface area contributed by atoms with Crippen molar-refractivity contribution in [2.24, 2.45) is 11.7 Å². The van der Waals surface area contributed by atoms with E-state index in [0.717, 1.165) is 5.56 Å². The molecule has 1 heterocycles. The summed E-state index contributed by atoms with van der Waals surface area (Å²) in [4.78, 5) is 26.3. The summed E-state index contributed by atoms with van der Waals surface area (Å²) >= 11 is 0. The van der Waals surface area contributed by atoms with Crippen LogP contribution in [0.4, 0.5) is 0 Å². The number of nitrogens with zero attached hydrogens (tertiary/aromatic N) is 1. The average Bonchev–Trinajstić information content (AvgIpc) is 2.60. The van der Waals surface area contributed by atoms with E-state index in [1.165, 1.54) is 4.90 Å². The average molecular weight is 404 g/mol. The first-order chi connectivity index (χ1) is 11.7. The summed E-state index contributed by atoms with van der Waals surface area (Å²) in [6, 6.07) is 8.11. The molecule has 1 aromatic carbocycles. The number of carbonyl (C=O) groups is 2. The molecule has 9 heteroatoms. The highest BCUT2D eigenvalue weighted by Crippen LogP contribution is 2.19. The van der Waals surface area contributed by atoms with E-state index in [9.17, 15) is 18.0 Å². The van der Waals surface area contributed by atoms with E-state index < -0.39 is 27.8 Å². The number of carbonyl (C=O) groups excluding carboxylic acids is 2. The highest BCUT2D eigenvalue weighted by molar-refractivity contribution is 7.91. The van der Waals surface area contributed by atoms with Gasteiger partial charge in [-0.25, -0.2) is 8.42 Å². The number of hydrogen-bond donors (Lipinski definition) is 2.